The van der Waals surface area contributed by atoms with Gasteiger partial charge in [-0.2, -0.15) is 0 Å². The van der Waals surface area contributed by atoms with Crippen molar-refractivity contribution in [1.29, 1.82) is 0 Å². The molecule has 0 aliphatic carbocycles. The van der Waals surface area contributed by atoms with Gasteiger partial charge in [0.05, 0.1) is 17.0 Å². The lowest BCUT2D eigenvalue weighted by atomic mass is 10.1. The van der Waals surface area contributed by atoms with Gasteiger partial charge in [0, 0.05) is 16.6 Å². The standard InChI is InChI=1S/C22H21ClN2OS/c1-4-15-7-5-9-17(11-15)22-25-19(13-20(26)24-14(2)3)21(27-22)16-8-6-10-18(23)12-16/h4-12,14H,1,13H2,2-3H3,(H,24,26). The molecular formula is C22H21ClN2OS. The minimum absolute atomic E-state index is 0.0371. The summed E-state index contributed by atoms with van der Waals surface area (Å²) in [4.78, 5) is 18.1. The minimum atomic E-state index is -0.0371. The number of benzene rings is 2. The van der Waals surface area contributed by atoms with E-state index in [-0.39, 0.29) is 18.4 Å². The van der Waals surface area contributed by atoms with Crippen LogP contribution in [0.25, 0.3) is 27.1 Å². The normalized spacial score (nSPS) is 10.8. The smallest absolute Gasteiger partial charge is 0.226 e. The third-order valence-corrected chi connectivity index (χ3v) is 5.36. The van der Waals surface area contributed by atoms with Gasteiger partial charge >= 0.3 is 0 Å². The predicted molar refractivity (Wildman–Crippen MR) is 115 cm³/mol. The second kappa shape index (κ2) is 8.51. The number of carbonyl (C=O) groups is 1. The fourth-order valence-corrected chi connectivity index (χ4v) is 4.04. The summed E-state index contributed by atoms with van der Waals surface area (Å²) >= 11 is 7.75. The van der Waals surface area contributed by atoms with Crippen LogP contribution in [-0.4, -0.2) is 16.9 Å². The highest BCUT2D eigenvalue weighted by atomic mass is 35.5. The number of thiazole rings is 1. The Morgan fingerprint density at radius 1 is 1.22 bits per heavy atom. The van der Waals surface area contributed by atoms with Crippen LogP contribution in [0.1, 0.15) is 25.1 Å². The molecule has 0 saturated carbocycles. The van der Waals surface area contributed by atoms with Gasteiger partial charge in [-0.3, -0.25) is 4.79 Å². The number of halogens is 1. The molecule has 0 radical (unpaired) electrons. The van der Waals surface area contributed by atoms with E-state index in [4.69, 9.17) is 16.6 Å². The first-order valence-electron chi connectivity index (χ1n) is 8.74. The van der Waals surface area contributed by atoms with Crippen LogP contribution < -0.4 is 5.32 Å². The Hall–Kier alpha value is -2.43. The number of aromatic nitrogens is 1. The van der Waals surface area contributed by atoms with Crippen molar-refractivity contribution in [1.82, 2.24) is 10.3 Å². The molecule has 3 nitrogen and oxygen atoms in total. The first kappa shape index (κ1) is 19.3. The van der Waals surface area contributed by atoms with E-state index in [1.54, 1.807) is 11.3 Å². The van der Waals surface area contributed by atoms with Crippen LogP contribution in [0.5, 0.6) is 0 Å². The number of rotatable bonds is 6. The molecule has 1 amide bonds. The predicted octanol–water partition coefficient (Wildman–Crippen LogP) is 5.84. The van der Waals surface area contributed by atoms with E-state index in [0.29, 0.717) is 5.02 Å². The molecule has 0 aliphatic rings. The third kappa shape index (κ3) is 4.85. The van der Waals surface area contributed by atoms with Gasteiger partial charge in [0.2, 0.25) is 5.91 Å². The lowest BCUT2D eigenvalue weighted by Crippen LogP contribution is -2.31. The van der Waals surface area contributed by atoms with Crippen molar-refractivity contribution in [2.45, 2.75) is 26.3 Å². The zero-order valence-electron chi connectivity index (χ0n) is 15.3. The summed E-state index contributed by atoms with van der Waals surface area (Å²) in [6.45, 7) is 7.72. The van der Waals surface area contributed by atoms with Crippen LogP contribution in [-0.2, 0) is 11.2 Å². The highest BCUT2D eigenvalue weighted by Crippen LogP contribution is 2.37. The zero-order chi connectivity index (χ0) is 19.4. The van der Waals surface area contributed by atoms with Gasteiger partial charge in [-0.05, 0) is 43.2 Å². The summed E-state index contributed by atoms with van der Waals surface area (Å²) in [5.74, 6) is -0.0371. The molecule has 0 fully saturated rings. The van der Waals surface area contributed by atoms with Crippen molar-refractivity contribution in [2.75, 3.05) is 0 Å². The molecule has 3 rings (SSSR count). The molecule has 138 valence electrons. The van der Waals surface area contributed by atoms with Crippen molar-refractivity contribution in [3.05, 3.63) is 71.4 Å². The molecule has 2 aromatic carbocycles. The van der Waals surface area contributed by atoms with E-state index < -0.39 is 0 Å². The van der Waals surface area contributed by atoms with Gasteiger partial charge in [0.1, 0.15) is 5.01 Å². The molecule has 3 aromatic rings. The first-order chi connectivity index (χ1) is 13.0. The number of nitrogens with one attached hydrogen (secondary N) is 1. The Kier molecular flexibility index (Phi) is 6.09. The topological polar surface area (TPSA) is 42.0 Å². The van der Waals surface area contributed by atoms with Gasteiger partial charge in [-0.15, -0.1) is 11.3 Å². The maximum absolute atomic E-state index is 12.3. The van der Waals surface area contributed by atoms with Crippen molar-refractivity contribution < 1.29 is 4.79 Å². The summed E-state index contributed by atoms with van der Waals surface area (Å²) in [7, 11) is 0. The monoisotopic (exact) mass is 396 g/mol. The quantitative estimate of drug-likeness (QED) is 0.568. The number of nitrogens with zero attached hydrogens (tertiary/aromatic N) is 1. The van der Waals surface area contributed by atoms with Crippen LogP contribution in [0, 0.1) is 0 Å². The van der Waals surface area contributed by atoms with Crippen molar-refractivity contribution in [2.24, 2.45) is 0 Å². The summed E-state index contributed by atoms with van der Waals surface area (Å²) < 4.78 is 0. The number of hydrogen-bond donors (Lipinski definition) is 1. The van der Waals surface area contributed by atoms with Crippen LogP contribution in [0.2, 0.25) is 5.02 Å². The Morgan fingerprint density at radius 2 is 1.96 bits per heavy atom. The fourth-order valence-electron chi connectivity index (χ4n) is 2.77. The van der Waals surface area contributed by atoms with E-state index in [1.165, 1.54) is 0 Å². The molecular weight excluding hydrogens is 376 g/mol. The molecule has 0 atom stereocenters. The summed E-state index contributed by atoms with van der Waals surface area (Å²) in [6.07, 6.45) is 2.05. The van der Waals surface area contributed by atoms with Gasteiger partial charge in [0.25, 0.3) is 0 Å². The van der Waals surface area contributed by atoms with E-state index in [9.17, 15) is 4.79 Å². The van der Waals surface area contributed by atoms with Gasteiger partial charge in [-0.25, -0.2) is 4.98 Å². The summed E-state index contributed by atoms with van der Waals surface area (Å²) in [5.41, 5.74) is 3.78. The van der Waals surface area contributed by atoms with Crippen molar-refractivity contribution >= 4 is 34.9 Å². The molecule has 1 N–H and O–H groups in total. The SMILES string of the molecule is C=Cc1cccc(-c2nc(CC(=O)NC(C)C)c(-c3cccc(Cl)c3)s2)c1. The van der Waals surface area contributed by atoms with E-state index in [1.807, 2.05) is 68.5 Å². The Morgan fingerprint density at radius 3 is 2.67 bits per heavy atom. The molecule has 5 heteroatoms. The molecule has 1 aromatic heterocycles. The highest BCUT2D eigenvalue weighted by Gasteiger charge is 2.18. The zero-order valence-corrected chi connectivity index (χ0v) is 16.9. The van der Waals surface area contributed by atoms with Crippen LogP contribution in [0.3, 0.4) is 0 Å². The molecule has 1 heterocycles. The summed E-state index contributed by atoms with van der Waals surface area (Å²) in [5, 5.41) is 4.47. The van der Waals surface area contributed by atoms with Gasteiger partial charge in [0.15, 0.2) is 0 Å². The molecule has 0 aliphatic heterocycles. The lowest BCUT2D eigenvalue weighted by molar-refractivity contribution is -0.120. The third-order valence-electron chi connectivity index (χ3n) is 3.93. The van der Waals surface area contributed by atoms with Gasteiger partial charge < -0.3 is 5.32 Å². The Bertz CT molecular complexity index is 978. The maximum atomic E-state index is 12.3. The second-order valence-corrected chi connectivity index (χ2v) is 7.97. The lowest BCUT2D eigenvalue weighted by Gasteiger charge is -2.08. The van der Waals surface area contributed by atoms with E-state index in [0.717, 1.165) is 32.3 Å². The second-order valence-electron chi connectivity index (χ2n) is 6.53. The van der Waals surface area contributed by atoms with Crippen LogP contribution in [0.15, 0.2) is 55.1 Å². The molecule has 27 heavy (non-hydrogen) atoms. The average Bonchev–Trinajstić information content (AvgIpc) is 3.05. The molecule has 0 unspecified atom stereocenters. The van der Waals surface area contributed by atoms with Gasteiger partial charge in [-0.1, -0.05) is 54.6 Å². The largest absolute Gasteiger partial charge is 0.354 e. The van der Waals surface area contributed by atoms with Crippen molar-refractivity contribution in [3.8, 4) is 21.0 Å². The number of hydrogen-bond acceptors (Lipinski definition) is 3. The van der Waals surface area contributed by atoms with Crippen molar-refractivity contribution in [3.63, 3.8) is 0 Å². The Balaban J connectivity index is 2.05. The molecule has 0 saturated heterocycles. The molecule has 0 spiro atoms. The van der Waals surface area contributed by atoms with Crippen LogP contribution in [0.4, 0.5) is 0 Å². The summed E-state index contributed by atoms with van der Waals surface area (Å²) in [6, 6.07) is 15.8. The maximum Gasteiger partial charge on any atom is 0.226 e. The van der Waals surface area contributed by atoms with Crippen LogP contribution >= 0.6 is 22.9 Å². The first-order valence-corrected chi connectivity index (χ1v) is 9.93. The molecule has 0 bridgehead atoms. The highest BCUT2D eigenvalue weighted by molar-refractivity contribution is 7.18. The van der Waals surface area contributed by atoms with E-state index in [2.05, 4.69) is 11.9 Å². The Labute approximate surface area is 168 Å². The number of carbonyl (C=O) groups excluding carboxylic acids is 1. The average molecular weight is 397 g/mol. The minimum Gasteiger partial charge on any atom is -0.354 e. The number of amides is 1. The fraction of sp³-hybridized carbons (Fsp3) is 0.182. The van der Waals surface area contributed by atoms with E-state index >= 15 is 0 Å².